The third-order valence-corrected chi connectivity index (χ3v) is 3.02. The molecule has 2 aromatic carbocycles. The van der Waals surface area contributed by atoms with Gasteiger partial charge in [-0.3, -0.25) is 14.9 Å². The van der Waals surface area contributed by atoms with Crippen molar-refractivity contribution in [3.05, 3.63) is 63.7 Å². The van der Waals surface area contributed by atoms with Crippen molar-refractivity contribution in [2.45, 2.75) is 0 Å². The zero-order chi connectivity index (χ0) is 13.4. The molecule has 0 atom stereocenters. The van der Waals surface area contributed by atoms with Gasteiger partial charge in [-0.15, -0.1) is 0 Å². The first-order valence-corrected chi connectivity index (χ1v) is 5.62. The van der Waals surface area contributed by atoms with Gasteiger partial charge in [-0.1, -0.05) is 12.1 Å². The number of aliphatic imine (C=N–C) groups is 1. The molecule has 0 unspecified atom stereocenters. The second-order valence-electron chi connectivity index (χ2n) is 4.17. The first-order valence-electron chi connectivity index (χ1n) is 5.62. The number of amides is 1. The zero-order valence-electron chi connectivity index (χ0n) is 9.74. The molecule has 0 fully saturated rings. The molecule has 0 saturated heterocycles. The van der Waals surface area contributed by atoms with E-state index in [1.807, 2.05) is 12.1 Å². The minimum atomic E-state index is -0.441. The molecule has 2 aromatic rings. The highest BCUT2D eigenvalue weighted by Crippen LogP contribution is 2.26. The lowest BCUT2D eigenvalue weighted by Crippen LogP contribution is -1.93. The van der Waals surface area contributed by atoms with Crippen LogP contribution in [0.4, 0.5) is 5.69 Å². The fourth-order valence-electron chi connectivity index (χ4n) is 2.01. The fourth-order valence-corrected chi connectivity index (χ4v) is 2.01. The Balaban J connectivity index is 2.01. The van der Waals surface area contributed by atoms with E-state index in [1.165, 1.54) is 18.3 Å². The Hall–Kier alpha value is -2.82. The average Bonchev–Trinajstić information content (AvgIpc) is 2.80. The summed E-state index contributed by atoms with van der Waals surface area (Å²) < 4.78 is 0. The van der Waals surface area contributed by atoms with Crippen LogP contribution in [0.2, 0.25) is 0 Å². The molecule has 0 aromatic heterocycles. The lowest BCUT2D eigenvalue weighted by Gasteiger charge is -2.03. The topological polar surface area (TPSA) is 72.6 Å². The first-order chi connectivity index (χ1) is 9.15. The summed E-state index contributed by atoms with van der Waals surface area (Å²) >= 11 is 0. The fraction of sp³-hybridized carbons (Fsp3) is 0. The third kappa shape index (κ3) is 1.91. The highest BCUT2D eigenvalue weighted by molar-refractivity contribution is 6.13. The van der Waals surface area contributed by atoms with Crippen molar-refractivity contribution in [3.8, 4) is 11.1 Å². The predicted molar refractivity (Wildman–Crippen MR) is 70.5 cm³/mol. The highest BCUT2D eigenvalue weighted by Gasteiger charge is 2.16. The number of hydrogen-bond acceptors (Lipinski definition) is 3. The molecule has 1 aliphatic heterocycles. The van der Waals surface area contributed by atoms with Crippen LogP contribution in [0.15, 0.2) is 47.5 Å². The lowest BCUT2D eigenvalue weighted by molar-refractivity contribution is -0.384. The molecule has 0 saturated carbocycles. The molecule has 3 rings (SSSR count). The Morgan fingerprint density at radius 3 is 2.37 bits per heavy atom. The summed E-state index contributed by atoms with van der Waals surface area (Å²) in [5, 5.41) is 10.6. The number of carbonyl (C=O) groups is 1. The highest BCUT2D eigenvalue weighted by atomic mass is 16.6. The predicted octanol–water partition coefficient (Wildman–Crippen LogP) is 2.83. The van der Waals surface area contributed by atoms with Crippen LogP contribution in [0.5, 0.6) is 0 Å². The van der Waals surface area contributed by atoms with Crippen molar-refractivity contribution < 1.29 is 9.72 Å². The van der Waals surface area contributed by atoms with Crippen LogP contribution < -0.4 is 0 Å². The molecule has 0 aliphatic carbocycles. The summed E-state index contributed by atoms with van der Waals surface area (Å²) in [6, 6.07) is 11.7. The van der Waals surface area contributed by atoms with Crippen LogP contribution in [-0.2, 0) is 0 Å². The monoisotopic (exact) mass is 252 g/mol. The Bertz CT molecular complexity index is 718. The largest absolute Gasteiger partial charge is 0.277 e. The van der Waals surface area contributed by atoms with E-state index < -0.39 is 4.92 Å². The summed E-state index contributed by atoms with van der Waals surface area (Å²) in [5.74, 6) is -0.251. The number of nitro groups is 1. The number of benzene rings is 2. The van der Waals surface area contributed by atoms with E-state index >= 15 is 0 Å². The third-order valence-electron chi connectivity index (χ3n) is 3.02. The van der Waals surface area contributed by atoms with Crippen LogP contribution in [0.3, 0.4) is 0 Å². The number of nitro benzene ring substituents is 1. The molecule has 5 nitrogen and oxygen atoms in total. The molecule has 5 heteroatoms. The summed E-state index contributed by atoms with van der Waals surface area (Å²) in [6.45, 7) is 0. The van der Waals surface area contributed by atoms with Gasteiger partial charge in [0.2, 0.25) is 0 Å². The SMILES string of the molecule is O=C1N=Cc2ccc(-c3ccc([N+](=O)[O-])cc3)cc21. The number of fused-ring (bicyclic) bond motifs is 1. The Morgan fingerprint density at radius 1 is 1.00 bits per heavy atom. The van der Waals surface area contributed by atoms with Crippen molar-refractivity contribution in [3.63, 3.8) is 0 Å². The smallest absolute Gasteiger partial charge is 0.267 e. The molecule has 0 N–H and O–H groups in total. The van der Waals surface area contributed by atoms with Crippen LogP contribution >= 0.6 is 0 Å². The van der Waals surface area contributed by atoms with Gasteiger partial charge in [0.1, 0.15) is 0 Å². The summed E-state index contributed by atoms with van der Waals surface area (Å²) in [4.78, 5) is 25.4. The lowest BCUT2D eigenvalue weighted by atomic mass is 10.00. The quantitative estimate of drug-likeness (QED) is 0.609. The summed E-state index contributed by atoms with van der Waals surface area (Å²) in [6.07, 6.45) is 1.54. The van der Waals surface area contributed by atoms with E-state index in [-0.39, 0.29) is 11.6 Å². The standard InChI is InChI=1S/C14H8N2O3/c17-14-13-7-10(1-2-11(13)8-15-14)9-3-5-12(6-4-9)16(18)19/h1-8H. The van der Waals surface area contributed by atoms with Crippen LogP contribution in [0, 0.1) is 10.1 Å². The second kappa shape index (κ2) is 4.13. The minimum absolute atomic E-state index is 0.0457. The van der Waals surface area contributed by atoms with Gasteiger partial charge in [0.05, 0.1) is 10.5 Å². The van der Waals surface area contributed by atoms with Gasteiger partial charge >= 0.3 is 0 Å². The molecular weight excluding hydrogens is 244 g/mol. The van der Waals surface area contributed by atoms with Gasteiger partial charge in [0.25, 0.3) is 11.6 Å². The maximum Gasteiger partial charge on any atom is 0.277 e. The maximum atomic E-state index is 11.5. The van der Waals surface area contributed by atoms with Gasteiger partial charge in [-0.2, -0.15) is 0 Å². The second-order valence-corrected chi connectivity index (χ2v) is 4.17. The van der Waals surface area contributed by atoms with E-state index in [9.17, 15) is 14.9 Å². The van der Waals surface area contributed by atoms with Crippen molar-refractivity contribution >= 4 is 17.8 Å². The normalized spacial score (nSPS) is 12.5. The zero-order valence-corrected chi connectivity index (χ0v) is 9.74. The van der Waals surface area contributed by atoms with E-state index in [4.69, 9.17) is 0 Å². The van der Waals surface area contributed by atoms with E-state index in [0.717, 1.165) is 16.7 Å². The van der Waals surface area contributed by atoms with Gasteiger partial charge in [-0.05, 0) is 29.3 Å². The minimum Gasteiger partial charge on any atom is -0.267 e. The van der Waals surface area contributed by atoms with Gasteiger partial charge in [-0.25, -0.2) is 4.99 Å². The molecular formula is C14H8N2O3. The number of nitrogens with zero attached hydrogens (tertiary/aromatic N) is 2. The van der Waals surface area contributed by atoms with Crippen molar-refractivity contribution in [2.24, 2.45) is 4.99 Å². The van der Waals surface area contributed by atoms with Gasteiger partial charge < -0.3 is 0 Å². The molecule has 1 heterocycles. The van der Waals surface area contributed by atoms with E-state index in [2.05, 4.69) is 4.99 Å². The average molecular weight is 252 g/mol. The Labute approximate surface area is 108 Å². The summed E-state index contributed by atoms with van der Waals surface area (Å²) in [7, 11) is 0. The number of hydrogen-bond donors (Lipinski definition) is 0. The Morgan fingerprint density at radius 2 is 1.68 bits per heavy atom. The van der Waals surface area contributed by atoms with Crippen molar-refractivity contribution in [1.29, 1.82) is 0 Å². The van der Waals surface area contributed by atoms with E-state index in [1.54, 1.807) is 18.2 Å². The molecule has 0 bridgehead atoms. The van der Waals surface area contributed by atoms with Crippen LogP contribution in [0.1, 0.15) is 15.9 Å². The molecule has 1 aliphatic rings. The number of rotatable bonds is 2. The summed E-state index contributed by atoms with van der Waals surface area (Å²) in [5.41, 5.74) is 3.08. The van der Waals surface area contributed by atoms with Crippen molar-refractivity contribution in [1.82, 2.24) is 0 Å². The van der Waals surface area contributed by atoms with Gasteiger partial charge in [0.15, 0.2) is 0 Å². The number of non-ortho nitro benzene ring substituents is 1. The Kier molecular flexibility index (Phi) is 2.45. The first kappa shape index (κ1) is 11.3. The van der Waals surface area contributed by atoms with Gasteiger partial charge in [0, 0.05) is 23.9 Å². The molecule has 19 heavy (non-hydrogen) atoms. The molecule has 0 radical (unpaired) electrons. The van der Waals surface area contributed by atoms with Crippen LogP contribution in [-0.4, -0.2) is 17.0 Å². The van der Waals surface area contributed by atoms with Crippen LogP contribution in [0.25, 0.3) is 11.1 Å². The number of carbonyl (C=O) groups excluding carboxylic acids is 1. The molecule has 0 spiro atoms. The maximum absolute atomic E-state index is 11.5. The molecule has 92 valence electrons. The van der Waals surface area contributed by atoms with Crippen molar-refractivity contribution in [2.75, 3.05) is 0 Å². The molecule has 1 amide bonds. The van der Waals surface area contributed by atoms with E-state index in [0.29, 0.717) is 5.56 Å².